The van der Waals surface area contributed by atoms with Gasteiger partial charge in [0.25, 0.3) is 5.69 Å². The maximum Gasteiger partial charge on any atom is 0.275 e. The van der Waals surface area contributed by atoms with Crippen molar-refractivity contribution < 1.29 is 4.92 Å². The van der Waals surface area contributed by atoms with Crippen LogP contribution in [-0.2, 0) is 13.0 Å². The van der Waals surface area contributed by atoms with E-state index in [9.17, 15) is 10.1 Å². The van der Waals surface area contributed by atoms with Crippen LogP contribution in [0, 0.1) is 10.1 Å². The van der Waals surface area contributed by atoms with Crippen LogP contribution in [0.3, 0.4) is 0 Å². The van der Waals surface area contributed by atoms with E-state index < -0.39 is 4.92 Å². The highest BCUT2D eigenvalue weighted by molar-refractivity contribution is 6.31. The minimum atomic E-state index is -0.409. The number of nitro groups is 1. The Morgan fingerprint density at radius 3 is 2.85 bits per heavy atom. The van der Waals surface area contributed by atoms with Gasteiger partial charge in [-0.15, -0.1) is 0 Å². The Kier molecular flexibility index (Phi) is 4.42. The van der Waals surface area contributed by atoms with E-state index in [2.05, 4.69) is 0 Å². The van der Waals surface area contributed by atoms with Crippen LogP contribution in [0.2, 0.25) is 5.02 Å². The summed E-state index contributed by atoms with van der Waals surface area (Å²) in [4.78, 5) is 10.6. The highest BCUT2D eigenvalue weighted by atomic mass is 35.5. The van der Waals surface area contributed by atoms with Gasteiger partial charge < -0.3 is 10.3 Å². The molecule has 1 aromatic heterocycles. The standard InChI is InChI=1S/C14H16ClN3O2/c1-10(16)7-11-5-6-17(8-11)9-12-13(15)3-2-4-14(12)18(19)20/h2-6,8,10H,7,9,16H2,1H3. The second-order valence-corrected chi connectivity index (χ2v) is 5.28. The monoisotopic (exact) mass is 293 g/mol. The molecular formula is C14H16ClN3O2. The van der Waals surface area contributed by atoms with E-state index in [1.54, 1.807) is 12.1 Å². The van der Waals surface area contributed by atoms with Crippen molar-refractivity contribution in [1.29, 1.82) is 0 Å². The Labute approximate surface area is 122 Å². The van der Waals surface area contributed by atoms with Gasteiger partial charge in [0.05, 0.1) is 22.1 Å². The minimum absolute atomic E-state index is 0.0416. The Balaban J connectivity index is 2.26. The fourth-order valence-electron chi connectivity index (χ4n) is 2.14. The molecule has 0 aliphatic carbocycles. The Morgan fingerprint density at radius 1 is 1.45 bits per heavy atom. The molecule has 0 saturated carbocycles. The highest BCUT2D eigenvalue weighted by Crippen LogP contribution is 2.27. The number of aromatic nitrogens is 1. The first-order chi connectivity index (χ1) is 9.47. The van der Waals surface area contributed by atoms with Crippen LogP contribution < -0.4 is 5.73 Å². The fraction of sp³-hybridized carbons (Fsp3) is 0.286. The first kappa shape index (κ1) is 14.6. The van der Waals surface area contributed by atoms with E-state index in [4.69, 9.17) is 17.3 Å². The molecule has 0 radical (unpaired) electrons. The summed E-state index contributed by atoms with van der Waals surface area (Å²) in [6.07, 6.45) is 4.60. The third-order valence-electron chi connectivity index (χ3n) is 3.00. The molecule has 1 atom stereocenters. The molecule has 2 rings (SSSR count). The number of halogens is 1. The van der Waals surface area contributed by atoms with E-state index >= 15 is 0 Å². The van der Waals surface area contributed by atoms with Crippen molar-refractivity contribution in [3.8, 4) is 0 Å². The minimum Gasteiger partial charge on any atom is -0.349 e. The lowest BCUT2D eigenvalue weighted by Crippen LogP contribution is -2.17. The van der Waals surface area contributed by atoms with Gasteiger partial charge in [0.1, 0.15) is 0 Å². The van der Waals surface area contributed by atoms with Crippen LogP contribution in [0.1, 0.15) is 18.1 Å². The lowest BCUT2D eigenvalue weighted by atomic mass is 10.1. The average molecular weight is 294 g/mol. The number of hydrogen-bond donors (Lipinski definition) is 1. The van der Waals surface area contributed by atoms with Gasteiger partial charge in [0.2, 0.25) is 0 Å². The predicted octanol–water partition coefficient (Wildman–Crippen LogP) is 2.99. The zero-order valence-corrected chi connectivity index (χ0v) is 11.9. The molecule has 2 N–H and O–H groups in total. The molecule has 0 aliphatic heterocycles. The number of rotatable bonds is 5. The summed E-state index contributed by atoms with van der Waals surface area (Å²) >= 11 is 6.08. The van der Waals surface area contributed by atoms with Crippen LogP contribution in [0.15, 0.2) is 36.7 Å². The number of benzene rings is 1. The van der Waals surface area contributed by atoms with Crippen LogP contribution in [0.5, 0.6) is 0 Å². The third-order valence-corrected chi connectivity index (χ3v) is 3.36. The predicted molar refractivity (Wildman–Crippen MR) is 79.0 cm³/mol. The molecule has 0 spiro atoms. The zero-order chi connectivity index (χ0) is 14.7. The molecule has 106 valence electrons. The molecule has 20 heavy (non-hydrogen) atoms. The summed E-state index contributed by atoms with van der Waals surface area (Å²) in [6.45, 7) is 2.31. The Hall–Kier alpha value is -1.85. The molecule has 1 unspecified atom stereocenters. The van der Waals surface area contributed by atoms with Gasteiger partial charge in [0, 0.05) is 24.5 Å². The maximum atomic E-state index is 11.0. The van der Waals surface area contributed by atoms with E-state index in [1.165, 1.54) is 6.07 Å². The van der Waals surface area contributed by atoms with Gasteiger partial charge >= 0.3 is 0 Å². The molecule has 1 aromatic carbocycles. The molecule has 2 aromatic rings. The second-order valence-electron chi connectivity index (χ2n) is 4.87. The molecule has 0 saturated heterocycles. The van der Waals surface area contributed by atoms with Crippen molar-refractivity contribution in [1.82, 2.24) is 4.57 Å². The van der Waals surface area contributed by atoms with Crippen LogP contribution in [0.25, 0.3) is 0 Å². The first-order valence-corrected chi connectivity index (χ1v) is 6.67. The molecule has 5 nitrogen and oxygen atoms in total. The number of nitrogens with two attached hydrogens (primary N) is 1. The summed E-state index contributed by atoms with van der Waals surface area (Å²) in [6, 6.07) is 6.76. The largest absolute Gasteiger partial charge is 0.349 e. The van der Waals surface area contributed by atoms with Crippen molar-refractivity contribution in [3.05, 3.63) is 62.9 Å². The highest BCUT2D eigenvalue weighted by Gasteiger charge is 2.16. The van der Waals surface area contributed by atoms with Gasteiger partial charge in [-0.3, -0.25) is 10.1 Å². The van der Waals surface area contributed by atoms with Gasteiger partial charge in [-0.25, -0.2) is 0 Å². The molecular weight excluding hydrogens is 278 g/mol. The zero-order valence-electron chi connectivity index (χ0n) is 11.1. The molecule has 0 fully saturated rings. The van der Waals surface area contributed by atoms with Crippen molar-refractivity contribution in [3.63, 3.8) is 0 Å². The lowest BCUT2D eigenvalue weighted by molar-refractivity contribution is -0.385. The van der Waals surface area contributed by atoms with Gasteiger partial charge in [-0.05, 0) is 31.0 Å². The first-order valence-electron chi connectivity index (χ1n) is 6.29. The fourth-order valence-corrected chi connectivity index (χ4v) is 2.37. The van der Waals surface area contributed by atoms with Crippen LogP contribution in [0.4, 0.5) is 5.69 Å². The quantitative estimate of drug-likeness (QED) is 0.680. The maximum absolute atomic E-state index is 11.0. The van der Waals surface area contributed by atoms with Crippen LogP contribution >= 0.6 is 11.6 Å². The molecule has 0 amide bonds. The summed E-state index contributed by atoms with van der Waals surface area (Å²) in [7, 11) is 0. The summed E-state index contributed by atoms with van der Waals surface area (Å²) in [5, 5.41) is 11.4. The topological polar surface area (TPSA) is 74.1 Å². The SMILES string of the molecule is CC(N)Cc1ccn(Cc2c(Cl)cccc2[N+](=O)[O-])c1. The number of hydrogen-bond acceptors (Lipinski definition) is 3. The Morgan fingerprint density at radius 2 is 2.20 bits per heavy atom. The van der Waals surface area contributed by atoms with Crippen molar-refractivity contribution in [2.24, 2.45) is 5.73 Å². The normalized spacial score (nSPS) is 12.3. The second kappa shape index (κ2) is 6.07. The Bertz CT molecular complexity index is 623. The van der Waals surface area contributed by atoms with E-state index in [0.717, 1.165) is 12.0 Å². The molecule has 0 aliphatic rings. The van der Waals surface area contributed by atoms with Crippen molar-refractivity contribution in [2.75, 3.05) is 0 Å². The third kappa shape index (κ3) is 3.37. The molecule has 1 heterocycles. The van der Waals surface area contributed by atoms with Gasteiger partial charge in [-0.2, -0.15) is 0 Å². The van der Waals surface area contributed by atoms with Gasteiger partial charge in [0.15, 0.2) is 0 Å². The number of nitro benzene ring substituents is 1. The van der Waals surface area contributed by atoms with Crippen molar-refractivity contribution >= 4 is 17.3 Å². The molecule has 0 bridgehead atoms. The lowest BCUT2D eigenvalue weighted by Gasteiger charge is -2.07. The van der Waals surface area contributed by atoms with Crippen molar-refractivity contribution in [2.45, 2.75) is 25.9 Å². The van der Waals surface area contributed by atoms with Crippen LogP contribution in [-0.4, -0.2) is 15.5 Å². The van der Waals surface area contributed by atoms with E-state index in [0.29, 0.717) is 17.1 Å². The van der Waals surface area contributed by atoms with E-state index in [-0.39, 0.29) is 11.7 Å². The summed E-state index contributed by atoms with van der Waals surface area (Å²) in [5.74, 6) is 0. The average Bonchev–Trinajstić information content (AvgIpc) is 2.78. The smallest absolute Gasteiger partial charge is 0.275 e. The van der Waals surface area contributed by atoms with Gasteiger partial charge in [-0.1, -0.05) is 17.7 Å². The summed E-state index contributed by atoms with van der Waals surface area (Å²) in [5.41, 5.74) is 7.42. The van der Waals surface area contributed by atoms with E-state index in [1.807, 2.05) is 30.0 Å². The summed E-state index contributed by atoms with van der Waals surface area (Å²) < 4.78 is 1.88. The molecule has 6 heteroatoms. The number of nitrogens with zero attached hydrogens (tertiary/aromatic N) is 2.